The number of oxime groups is 1. The number of rotatable bonds is 11. The highest BCUT2D eigenvalue weighted by molar-refractivity contribution is 7.84. The van der Waals surface area contributed by atoms with Crippen LogP contribution in [0.3, 0.4) is 0 Å². The van der Waals surface area contributed by atoms with E-state index in [0.29, 0.717) is 0 Å². The normalized spacial score (nSPS) is 17.1. The molecule has 0 radical (unpaired) electrons. The summed E-state index contributed by atoms with van der Waals surface area (Å²) in [7, 11) is -5.13. The molecular formula is C22H22N8O11S3. The third-order valence-electron chi connectivity index (χ3n) is 5.90. The largest absolute Gasteiger partial charge is 0.503 e. The van der Waals surface area contributed by atoms with Crippen molar-refractivity contribution >= 4 is 67.5 Å². The average molecular weight is 671 g/mol. The van der Waals surface area contributed by atoms with E-state index < -0.39 is 75.1 Å². The van der Waals surface area contributed by atoms with Gasteiger partial charge in [-0.25, -0.2) is 19.1 Å². The fourth-order valence-electron chi connectivity index (χ4n) is 3.55. The number of nitrogens with zero attached hydrogens (tertiary/aromatic N) is 4. The number of carbonyl (C=O) groups is 4. The van der Waals surface area contributed by atoms with Gasteiger partial charge in [0.05, 0.1) is 11.7 Å². The number of carboxylic acids is 1. The minimum atomic E-state index is -5.13. The van der Waals surface area contributed by atoms with E-state index in [1.807, 2.05) is 0 Å². The number of aliphatic carboxylic acids is 1. The number of amides is 3. The van der Waals surface area contributed by atoms with Gasteiger partial charge in [0.25, 0.3) is 17.7 Å². The van der Waals surface area contributed by atoms with Crippen molar-refractivity contribution < 1.29 is 47.2 Å². The Balaban J connectivity index is 1.52. The Morgan fingerprint density at radius 3 is 2.48 bits per heavy atom. The van der Waals surface area contributed by atoms with Crippen LogP contribution in [0.5, 0.6) is 5.75 Å². The van der Waals surface area contributed by atoms with Crippen LogP contribution in [0.4, 0.5) is 5.13 Å². The lowest BCUT2D eigenvalue weighted by Gasteiger charge is -2.44. The van der Waals surface area contributed by atoms with Crippen molar-refractivity contribution in [3.05, 3.63) is 44.6 Å². The van der Waals surface area contributed by atoms with E-state index in [0.717, 1.165) is 48.8 Å². The first-order valence-corrected chi connectivity index (χ1v) is 15.1. The maximum Gasteiger partial charge on any atom is 0.362 e. The molecule has 4 heterocycles. The number of nitrogens with two attached hydrogens (primary N) is 1. The number of hydrogen-bond acceptors (Lipinski definition) is 15. The van der Waals surface area contributed by atoms with Gasteiger partial charge in [-0.2, -0.15) is 8.42 Å². The number of pyridine rings is 1. The summed E-state index contributed by atoms with van der Waals surface area (Å²) in [5, 5.41) is 29.7. The summed E-state index contributed by atoms with van der Waals surface area (Å²) < 4.78 is 33.4. The number of anilines is 1. The number of nitrogen functional groups attached to an aromatic ring is 1. The molecule has 0 bridgehead atoms. The van der Waals surface area contributed by atoms with Crippen LogP contribution in [-0.4, -0.2) is 96.1 Å². The Morgan fingerprint density at radius 2 is 1.89 bits per heavy atom. The first-order valence-electron chi connectivity index (χ1n) is 12.0. The smallest absolute Gasteiger partial charge is 0.362 e. The molecule has 3 aromatic rings. The maximum absolute atomic E-state index is 13.2. The van der Waals surface area contributed by atoms with Crippen molar-refractivity contribution in [1.82, 2.24) is 29.9 Å². The second-order valence-electron chi connectivity index (χ2n) is 9.39. The Labute approximate surface area is 254 Å². The predicted octanol–water partition coefficient (Wildman–Crippen LogP) is -1.24. The van der Waals surface area contributed by atoms with Crippen LogP contribution >= 0.6 is 22.7 Å². The molecule has 0 aromatic carbocycles. The molecule has 1 saturated heterocycles. The number of aromatic nitrogens is 3. The highest BCUT2D eigenvalue weighted by Gasteiger charge is 2.54. The molecule has 22 heteroatoms. The van der Waals surface area contributed by atoms with E-state index >= 15 is 0 Å². The molecule has 3 aromatic heterocycles. The van der Waals surface area contributed by atoms with Crippen molar-refractivity contribution in [3.8, 4) is 16.5 Å². The minimum absolute atomic E-state index is 0.0119. The number of H-pyrrole nitrogens is 1. The minimum Gasteiger partial charge on any atom is -0.503 e. The fraction of sp³-hybridized carbons (Fsp3) is 0.273. The molecule has 2 unspecified atom stereocenters. The number of β-lactam (4-membered cyclic amide) rings is 1. The molecule has 44 heavy (non-hydrogen) atoms. The molecule has 0 saturated carbocycles. The monoisotopic (exact) mass is 670 g/mol. The highest BCUT2D eigenvalue weighted by atomic mass is 32.2. The quantitative estimate of drug-likeness (QED) is 0.0543. The number of carboxylic acid groups (broad SMARTS) is 1. The lowest BCUT2D eigenvalue weighted by molar-refractivity contribution is -0.161. The number of carbonyl (C=O) groups excluding carboxylic acids is 3. The van der Waals surface area contributed by atoms with Gasteiger partial charge in [0.15, 0.2) is 16.6 Å². The summed E-state index contributed by atoms with van der Waals surface area (Å²) in [4.78, 5) is 77.3. The standard InChI is InChI=1S/C22H22N8O11S3/c1-22(2,20(36)37)41-29-14(9-6-43-21(23)27-9)17(34)28-15-11(30(19(15)35)44(38,39)40)4-25-16(33)10-7-42-18(26-10)8-3-12(31)13(32)5-24-8/h3,5-7,11,15,32H,4H2,1-2H3,(H2,23,27)(H,24,31)(H,25,33)(H,28,34)(H,36,37)(H,38,39,40)/b29-14-. The van der Waals surface area contributed by atoms with E-state index in [2.05, 4.69) is 30.7 Å². The van der Waals surface area contributed by atoms with Gasteiger partial charge in [-0.15, -0.1) is 22.7 Å². The van der Waals surface area contributed by atoms with Crippen molar-refractivity contribution in [2.75, 3.05) is 12.3 Å². The van der Waals surface area contributed by atoms with Gasteiger partial charge in [0.1, 0.15) is 22.4 Å². The maximum atomic E-state index is 13.2. The van der Waals surface area contributed by atoms with Gasteiger partial charge in [0.2, 0.25) is 11.0 Å². The molecule has 234 valence electrons. The van der Waals surface area contributed by atoms with E-state index in [1.165, 1.54) is 10.8 Å². The second kappa shape index (κ2) is 12.0. The van der Waals surface area contributed by atoms with Crippen molar-refractivity contribution in [3.63, 3.8) is 0 Å². The third kappa shape index (κ3) is 6.66. The zero-order valence-corrected chi connectivity index (χ0v) is 24.8. The van der Waals surface area contributed by atoms with Crippen molar-refractivity contribution in [2.45, 2.75) is 31.5 Å². The zero-order valence-electron chi connectivity index (χ0n) is 22.4. The molecule has 1 aliphatic heterocycles. The number of aromatic hydroxyl groups is 1. The van der Waals surface area contributed by atoms with E-state index in [9.17, 15) is 47.2 Å². The van der Waals surface area contributed by atoms with Gasteiger partial charge < -0.3 is 36.4 Å². The first kappa shape index (κ1) is 32.0. The summed E-state index contributed by atoms with van der Waals surface area (Å²) in [5.41, 5.74) is 2.35. The molecule has 1 fully saturated rings. The van der Waals surface area contributed by atoms with E-state index in [4.69, 9.17) is 10.6 Å². The Bertz CT molecular complexity index is 1850. The molecule has 8 N–H and O–H groups in total. The zero-order chi connectivity index (χ0) is 32.6. The first-order chi connectivity index (χ1) is 20.5. The summed E-state index contributed by atoms with van der Waals surface area (Å²) in [6.45, 7) is 1.70. The van der Waals surface area contributed by atoms with Gasteiger partial charge in [-0.05, 0) is 13.8 Å². The van der Waals surface area contributed by atoms with Crippen LogP contribution in [0, 0.1) is 0 Å². The van der Waals surface area contributed by atoms with Crippen LogP contribution in [0.1, 0.15) is 30.0 Å². The van der Waals surface area contributed by atoms with E-state index in [1.54, 1.807) is 0 Å². The molecule has 2 atom stereocenters. The number of aromatic amines is 1. The van der Waals surface area contributed by atoms with Gasteiger partial charge in [-0.3, -0.25) is 23.7 Å². The summed E-state index contributed by atoms with van der Waals surface area (Å²) >= 11 is 1.88. The lowest BCUT2D eigenvalue weighted by atomic mass is 9.98. The number of nitrogens with one attached hydrogen (secondary N) is 3. The number of thiazole rings is 2. The second-order valence-corrected chi connectivity index (χ2v) is 12.4. The Hall–Kier alpha value is -4.93. The molecular weight excluding hydrogens is 648 g/mol. The molecule has 0 aliphatic carbocycles. The summed E-state index contributed by atoms with van der Waals surface area (Å²) in [6, 6.07) is -2.07. The SMILES string of the molecule is CC(C)(O/N=C(\C(=O)NC1C(=O)N(S(=O)(=O)O)C1CNC(=O)c1csc(-c2cc(=O)c(O)c[nH]2)n1)c1csc(N)n1)C(=O)O. The summed E-state index contributed by atoms with van der Waals surface area (Å²) in [6.07, 6.45) is 1.05. The third-order valence-corrected chi connectivity index (χ3v) is 8.39. The van der Waals surface area contributed by atoms with Crippen LogP contribution in [0.15, 0.2) is 33.0 Å². The van der Waals surface area contributed by atoms with Crippen LogP contribution in [-0.2, 0) is 29.5 Å². The average Bonchev–Trinajstić information content (AvgIpc) is 3.60. The van der Waals surface area contributed by atoms with Gasteiger partial charge in [0, 0.05) is 29.6 Å². The summed E-state index contributed by atoms with van der Waals surface area (Å²) in [5.74, 6) is -5.17. The fourth-order valence-corrected chi connectivity index (χ4v) is 5.75. The van der Waals surface area contributed by atoms with Gasteiger partial charge in [-0.1, -0.05) is 5.16 Å². The molecule has 1 aliphatic rings. The Morgan fingerprint density at radius 1 is 1.20 bits per heavy atom. The molecule has 3 amide bonds. The predicted molar refractivity (Wildman–Crippen MR) is 152 cm³/mol. The Kier molecular flexibility index (Phi) is 8.71. The van der Waals surface area contributed by atoms with Crippen molar-refractivity contribution in [2.24, 2.45) is 5.16 Å². The topological polar surface area (TPSA) is 297 Å². The molecule has 0 spiro atoms. The van der Waals surface area contributed by atoms with Crippen LogP contribution in [0.25, 0.3) is 10.7 Å². The lowest BCUT2D eigenvalue weighted by Crippen LogP contribution is -2.74. The van der Waals surface area contributed by atoms with E-state index in [-0.39, 0.29) is 31.5 Å². The highest BCUT2D eigenvalue weighted by Crippen LogP contribution is 2.25. The van der Waals surface area contributed by atoms with Crippen LogP contribution in [0.2, 0.25) is 0 Å². The molecule has 19 nitrogen and oxygen atoms in total. The van der Waals surface area contributed by atoms with Crippen LogP contribution < -0.4 is 21.8 Å². The van der Waals surface area contributed by atoms with Crippen molar-refractivity contribution in [1.29, 1.82) is 0 Å². The number of hydrogen-bond donors (Lipinski definition) is 7. The molecule has 4 rings (SSSR count). The van der Waals surface area contributed by atoms with Gasteiger partial charge >= 0.3 is 16.3 Å².